The molecule has 0 bridgehead atoms. The van der Waals surface area contributed by atoms with Crippen molar-refractivity contribution in [2.45, 2.75) is 20.8 Å². The van der Waals surface area contributed by atoms with Gasteiger partial charge in [-0.3, -0.25) is 0 Å². The van der Waals surface area contributed by atoms with Gasteiger partial charge in [0.2, 0.25) is 5.70 Å². The molecule has 2 aromatic carbocycles. The molecule has 148 valence electrons. The van der Waals surface area contributed by atoms with E-state index in [1.54, 1.807) is 4.57 Å². The number of rotatable bonds is 6. The first-order chi connectivity index (χ1) is 14.0. The van der Waals surface area contributed by atoms with Crippen molar-refractivity contribution in [3.63, 3.8) is 0 Å². The first-order valence-electron chi connectivity index (χ1n) is 9.49. The maximum atomic E-state index is 13.4. The van der Waals surface area contributed by atoms with Crippen LogP contribution in [0, 0.1) is 13.8 Å². The highest BCUT2D eigenvalue weighted by molar-refractivity contribution is 7.81. The molecule has 0 fully saturated rings. The summed E-state index contributed by atoms with van der Waals surface area (Å²) in [6.45, 7) is 6.58. The number of hydrogen-bond donors (Lipinski definition) is 1. The minimum absolute atomic E-state index is 0.132. The highest BCUT2D eigenvalue weighted by atomic mass is 32.1. The van der Waals surface area contributed by atoms with E-state index in [4.69, 9.17) is 17.0 Å². The van der Waals surface area contributed by atoms with Crippen LogP contribution in [-0.2, 0) is 0 Å². The summed E-state index contributed by atoms with van der Waals surface area (Å²) in [6.07, 6.45) is 3.64. The van der Waals surface area contributed by atoms with Crippen LogP contribution in [-0.4, -0.2) is 11.6 Å². The number of thiocarbonyl (C=S) groups is 1. The molecule has 0 amide bonds. The van der Waals surface area contributed by atoms with E-state index in [-0.39, 0.29) is 5.76 Å². The second kappa shape index (κ2) is 9.34. The molecule has 0 aliphatic carbocycles. The van der Waals surface area contributed by atoms with Crippen LogP contribution in [0.3, 0.4) is 0 Å². The number of nitrogens with one attached hydrogen (secondary N) is 1. The van der Waals surface area contributed by atoms with Crippen molar-refractivity contribution in [3.8, 4) is 5.75 Å². The lowest BCUT2D eigenvalue weighted by Crippen LogP contribution is -2.39. The Bertz CT molecular complexity index is 1030. The Balaban J connectivity index is 1.99. The maximum Gasteiger partial charge on any atom is 0.238 e. The largest absolute Gasteiger partial charge is 0.867 e. The van der Waals surface area contributed by atoms with Gasteiger partial charge >= 0.3 is 0 Å². The summed E-state index contributed by atoms with van der Waals surface area (Å²) in [5.41, 5.74) is 4.01. The van der Waals surface area contributed by atoms with Gasteiger partial charge in [0.05, 0.1) is 6.61 Å². The summed E-state index contributed by atoms with van der Waals surface area (Å²) >= 11 is 5.64. The smallest absolute Gasteiger partial charge is 0.238 e. The van der Waals surface area contributed by atoms with Crippen molar-refractivity contribution in [3.05, 3.63) is 89.7 Å². The number of anilines is 1. The number of benzene rings is 2. The minimum atomic E-state index is -0.132. The first kappa shape index (κ1) is 20.6. The van der Waals surface area contributed by atoms with Gasteiger partial charge < -0.3 is 15.2 Å². The van der Waals surface area contributed by atoms with E-state index < -0.39 is 0 Å². The Kier molecular flexibility index (Phi) is 6.62. The van der Waals surface area contributed by atoms with Crippen molar-refractivity contribution in [2.24, 2.45) is 0 Å². The van der Waals surface area contributed by atoms with Crippen LogP contribution in [0.15, 0.2) is 73.1 Å². The standard InChI is InChI=1S/C24H24N2O2S/c1-4-28-21-12-10-20(11-13-21)25-24(29)22(26-14-6-5-7-15-26)23(27)19-9-8-17(2)18(3)16-19/h5-16H,4H2,1-3H3,(H-,25,27,29). The molecule has 1 heterocycles. The van der Waals surface area contributed by atoms with Crippen molar-refractivity contribution in [2.75, 3.05) is 11.9 Å². The molecule has 29 heavy (non-hydrogen) atoms. The Morgan fingerprint density at radius 1 is 1.00 bits per heavy atom. The van der Waals surface area contributed by atoms with Crippen LogP contribution in [0.4, 0.5) is 5.69 Å². The number of nitrogens with zero attached hydrogens (tertiary/aromatic N) is 1. The third-order valence-electron chi connectivity index (χ3n) is 4.60. The lowest BCUT2D eigenvalue weighted by atomic mass is 10.0. The van der Waals surface area contributed by atoms with Crippen LogP contribution < -0.4 is 19.7 Å². The van der Waals surface area contributed by atoms with Crippen LogP contribution in [0.25, 0.3) is 11.5 Å². The summed E-state index contributed by atoms with van der Waals surface area (Å²) in [7, 11) is 0. The minimum Gasteiger partial charge on any atom is -0.867 e. The van der Waals surface area contributed by atoms with E-state index in [0.29, 0.717) is 22.9 Å². The molecule has 1 N–H and O–H groups in total. The number of aromatic nitrogens is 1. The molecule has 1 aromatic heterocycles. The molecule has 4 nitrogen and oxygen atoms in total. The normalized spacial score (nSPS) is 11.6. The number of hydrogen-bond acceptors (Lipinski definition) is 3. The summed E-state index contributed by atoms with van der Waals surface area (Å²) in [5.74, 6) is 0.657. The lowest BCUT2D eigenvalue weighted by molar-refractivity contribution is -0.577. The van der Waals surface area contributed by atoms with E-state index >= 15 is 0 Å². The number of aryl methyl sites for hydroxylation is 2. The van der Waals surface area contributed by atoms with Gasteiger partial charge in [0.25, 0.3) is 0 Å². The maximum absolute atomic E-state index is 13.4. The fraction of sp³-hybridized carbons (Fsp3) is 0.167. The summed E-state index contributed by atoms with van der Waals surface area (Å²) in [6, 6.07) is 18.8. The number of pyridine rings is 1. The quantitative estimate of drug-likeness (QED) is 0.291. The summed E-state index contributed by atoms with van der Waals surface area (Å²) < 4.78 is 7.23. The molecule has 0 atom stereocenters. The van der Waals surface area contributed by atoms with Gasteiger partial charge in [-0.15, -0.1) is 0 Å². The lowest BCUT2D eigenvalue weighted by Gasteiger charge is -2.18. The second-order valence-electron chi connectivity index (χ2n) is 6.67. The van der Waals surface area contributed by atoms with Gasteiger partial charge in [-0.2, -0.15) is 4.57 Å². The fourth-order valence-corrected chi connectivity index (χ4v) is 3.21. The van der Waals surface area contributed by atoms with Gasteiger partial charge in [-0.25, -0.2) is 0 Å². The summed E-state index contributed by atoms with van der Waals surface area (Å²) in [4.78, 5) is 0.355. The van der Waals surface area contributed by atoms with Gasteiger partial charge in [0.1, 0.15) is 5.75 Å². The van der Waals surface area contributed by atoms with E-state index in [1.165, 1.54) is 0 Å². The molecule has 0 unspecified atom stereocenters. The van der Waals surface area contributed by atoms with E-state index in [2.05, 4.69) is 5.32 Å². The van der Waals surface area contributed by atoms with Gasteiger partial charge in [-0.1, -0.05) is 36.5 Å². The van der Waals surface area contributed by atoms with Crippen LogP contribution in [0.2, 0.25) is 0 Å². The van der Waals surface area contributed by atoms with Crippen LogP contribution in [0.5, 0.6) is 5.75 Å². The first-order valence-corrected chi connectivity index (χ1v) is 9.90. The predicted molar refractivity (Wildman–Crippen MR) is 119 cm³/mol. The molecule has 5 heteroatoms. The van der Waals surface area contributed by atoms with Crippen molar-refractivity contribution < 1.29 is 14.4 Å². The molecule has 0 spiro atoms. The third-order valence-corrected chi connectivity index (χ3v) is 4.89. The van der Waals surface area contributed by atoms with Gasteiger partial charge in [0.15, 0.2) is 17.4 Å². The van der Waals surface area contributed by atoms with Crippen molar-refractivity contribution in [1.82, 2.24) is 0 Å². The van der Waals surface area contributed by atoms with E-state index in [0.717, 1.165) is 22.6 Å². The molecule has 0 aliphatic rings. The zero-order valence-corrected chi connectivity index (χ0v) is 17.6. The summed E-state index contributed by atoms with van der Waals surface area (Å²) in [5, 5.41) is 16.6. The van der Waals surface area contributed by atoms with Crippen LogP contribution >= 0.6 is 12.2 Å². The SMILES string of the molecule is CCOc1ccc(NC(=S)C(=C([O-])c2ccc(C)c(C)c2)[n+]2ccccc2)cc1. The Morgan fingerprint density at radius 2 is 1.69 bits per heavy atom. The number of ether oxygens (including phenoxy) is 1. The predicted octanol–water partition coefficient (Wildman–Crippen LogP) is 4.12. The molecule has 3 rings (SSSR count). The van der Waals surface area contributed by atoms with Gasteiger partial charge in [0, 0.05) is 17.8 Å². The molecule has 0 saturated heterocycles. The van der Waals surface area contributed by atoms with Crippen molar-refractivity contribution in [1.29, 1.82) is 0 Å². The zero-order valence-electron chi connectivity index (χ0n) is 16.8. The second-order valence-corrected chi connectivity index (χ2v) is 7.08. The van der Waals surface area contributed by atoms with E-state index in [1.807, 2.05) is 93.8 Å². The zero-order chi connectivity index (χ0) is 20.8. The molecule has 0 saturated carbocycles. The van der Waals surface area contributed by atoms with Crippen molar-refractivity contribution >= 4 is 34.3 Å². The monoisotopic (exact) mass is 404 g/mol. The fourth-order valence-electron chi connectivity index (χ4n) is 2.90. The highest BCUT2D eigenvalue weighted by Gasteiger charge is 2.18. The molecular weight excluding hydrogens is 380 g/mol. The average Bonchev–Trinajstić information content (AvgIpc) is 2.72. The molecule has 3 aromatic rings. The Hall–Kier alpha value is -3.18. The molecule has 0 radical (unpaired) electrons. The van der Waals surface area contributed by atoms with Crippen LogP contribution in [0.1, 0.15) is 23.6 Å². The topological polar surface area (TPSA) is 48.2 Å². The third kappa shape index (κ3) is 5.00. The average molecular weight is 405 g/mol. The Morgan fingerprint density at radius 3 is 2.31 bits per heavy atom. The molecule has 0 aliphatic heterocycles. The highest BCUT2D eigenvalue weighted by Crippen LogP contribution is 2.21. The van der Waals surface area contributed by atoms with E-state index in [9.17, 15) is 5.11 Å². The molecular formula is C24H24N2O2S. The Labute approximate surface area is 177 Å². The van der Waals surface area contributed by atoms with Gasteiger partial charge in [-0.05, 0) is 67.5 Å².